The fourth-order valence-corrected chi connectivity index (χ4v) is 3.47. The van der Waals surface area contributed by atoms with E-state index >= 15 is 0 Å². The van der Waals surface area contributed by atoms with Crippen molar-refractivity contribution >= 4 is 11.4 Å². The smallest absolute Gasteiger partial charge is 0.125 e. The van der Waals surface area contributed by atoms with Gasteiger partial charge < -0.3 is 15.1 Å². The number of hydrogen-bond acceptors (Lipinski definition) is 5. The zero-order chi connectivity index (χ0) is 25.1. The number of aromatic nitrogens is 2. The molecule has 1 fully saturated rings. The lowest BCUT2D eigenvalue weighted by atomic mass is 10.0. The van der Waals surface area contributed by atoms with Gasteiger partial charge in [-0.25, -0.2) is 9.97 Å². The van der Waals surface area contributed by atoms with Crippen molar-refractivity contribution in [3.63, 3.8) is 0 Å². The number of nitrogens with one attached hydrogen (secondary N) is 1. The summed E-state index contributed by atoms with van der Waals surface area (Å²) in [5.41, 5.74) is 6.71. The first-order chi connectivity index (χ1) is 16.4. The molecule has 0 radical (unpaired) electrons. The number of benzene rings is 1. The number of rotatable bonds is 6. The van der Waals surface area contributed by atoms with Crippen molar-refractivity contribution in [3.8, 4) is 0 Å². The van der Waals surface area contributed by atoms with Gasteiger partial charge in [0.05, 0.1) is 17.1 Å². The number of likely N-dealkylation sites (N-methyl/N-ethyl adjacent to an activating group) is 1. The van der Waals surface area contributed by atoms with Gasteiger partial charge in [0.2, 0.25) is 0 Å². The Morgan fingerprint density at radius 2 is 1.74 bits per heavy atom. The summed E-state index contributed by atoms with van der Waals surface area (Å²) in [7, 11) is 6.14. The third kappa shape index (κ3) is 8.45. The molecular weight excluding hydrogens is 418 g/mol. The maximum atomic E-state index is 4.71. The highest BCUT2D eigenvalue weighted by Gasteiger charge is 2.19. The summed E-state index contributed by atoms with van der Waals surface area (Å²) >= 11 is 0. The number of hydrogen-bond donors (Lipinski definition) is 1. The van der Waals surface area contributed by atoms with Crippen molar-refractivity contribution in [1.29, 1.82) is 0 Å². The van der Waals surface area contributed by atoms with Crippen LogP contribution in [-0.4, -0.2) is 54.0 Å². The highest BCUT2D eigenvalue weighted by atomic mass is 15.2. The molecule has 0 atom stereocenters. The van der Waals surface area contributed by atoms with Gasteiger partial charge in [-0.15, -0.1) is 0 Å². The van der Waals surface area contributed by atoms with E-state index in [1.807, 2.05) is 40.1 Å². The molecule has 4 rings (SSSR count). The molecule has 1 aliphatic heterocycles. The van der Waals surface area contributed by atoms with E-state index in [0.29, 0.717) is 0 Å². The van der Waals surface area contributed by atoms with Crippen molar-refractivity contribution in [1.82, 2.24) is 25.1 Å². The van der Waals surface area contributed by atoms with E-state index in [1.54, 1.807) is 0 Å². The highest BCUT2D eigenvalue weighted by Crippen LogP contribution is 2.29. The minimum atomic E-state index is 0.763. The predicted molar refractivity (Wildman–Crippen MR) is 146 cm³/mol. The van der Waals surface area contributed by atoms with E-state index in [4.69, 9.17) is 4.98 Å². The summed E-state index contributed by atoms with van der Waals surface area (Å²) in [5, 5.41) is 3.41. The van der Waals surface area contributed by atoms with Crippen LogP contribution in [0.1, 0.15) is 56.3 Å². The average molecular weight is 462 g/mol. The van der Waals surface area contributed by atoms with Gasteiger partial charge in [-0.2, -0.15) is 0 Å². The summed E-state index contributed by atoms with van der Waals surface area (Å²) in [6.07, 6.45) is 11.4. The predicted octanol–water partition coefficient (Wildman–Crippen LogP) is 5.90. The van der Waals surface area contributed by atoms with Crippen LogP contribution in [0, 0.1) is 19.8 Å². The summed E-state index contributed by atoms with van der Waals surface area (Å²) in [6.45, 7) is 12.0. The van der Waals surface area contributed by atoms with Crippen LogP contribution in [0.2, 0.25) is 0 Å². The van der Waals surface area contributed by atoms with Gasteiger partial charge in [0.1, 0.15) is 5.82 Å². The van der Waals surface area contributed by atoms with E-state index < -0.39 is 0 Å². The van der Waals surface area contributed by atoms with Gasteiger partial charge in [0, 0.05) is 32.5 Å². The minimum absolute atomic E-state index is 0.763. The molecule has 1 aromatic carbocycles. The Morgan fingerprint density at radius 3 is 2.21 bits per heavy atom. The normalized spacial score (nSPS) is 15.4. The van der Waals surface area contributed by atoms with Crippen LogP contribution < -0.4 is 5.32 Å². The molecule has 1 saturated carbocycles. The average Bonchev–Trinajstić information content (AvgIpc) is 3.62. The molecule has 5 nitrogen and oxygen atoms in total. The minimum Gasteiger partial charge on any atom is -0.386 e. The molecule has 1 aromatic heterocycles. The monoisotopic (exact) mass is 461 g/mol. The Morgan fingerprint density at radius 1 is 1.09 bits per heavy atom. The second-order valence-electron chi connectivity index (χ2n) is 9.00. The topological polar surface area (TPSA) is 44.3 Å². The van der Waals surface area contributed by atoms with Crippen LogP contribution in [0.4, 0.5) is 0 Å². The highest BCUT2D eigenvalue weighted by molar-refractivity contribution is 5.88. The van der Waals surface area contributed by atoms with Crippen molar-refractivity contribution in [2.75, 3.05) is 34.2 Å². The van der Waals surface area contributed by atoms with Gasteiger partial charge in [0.15, 0.2) is 0 Å². The molecule has 2 aromatic rings. The number of nitrogens with zero attached hydrogens (tertiary/aromatic N) is 4. The van der Waals surface area contributed by atoms with E-state index in [1.165, 1.54) is 24.0 Å². The Labute approximate surface area is 207 Å². The lowest BCUT2D eigenvalue weighted by Crippen LogP contribution is -2.25. The molecule has 34 heavy (non-hydrogen) atoms. The van der Waals surface area contributed by atoms with Crippen molar-refractivity contribution in [3.05, 3.63) is 83.1 Å². The third-order valence-electron chi connectivity index (χ3n) is 5.52. The quantitative estimate of drug-likeness (QED) is 0.580. The summed E-state index contributed by atoms with van der Waals surface area (Å²) in [4.78, 5) is 13.4. The van der Waals surface area contributed by atoms with Crippen molar-refractivity contribution in [2.45, 2.75) is 47.5 Å². The third-order valence-corrected chi connectivity index (χ3v) is 5.52. The lowest BCUT2D eigenvalue weighted by molar-refractivity contribution is 0.444. The second kappa shape index (κ2) is 13.7. The fraction of sp³-hybridized carbons (Fsp3) is 0.448. The maximum Gasteiger partial charge on any atom is 0.125 e. The first-order valence-electron chi connectivity index (χ1n) is 12.4. The molecule has 2 heterocycles. The van der Waals surface area contributed by atoms with Crippen molar-refractivity contribution in [2.24, 2.45) is 5.92 Å². The van der Waals surface area contributed by atoms with Gasteiger partial charge in [-0.3, -0.25) is 0 Å². The Kier molecular flexibility index (Phi) is 11.0. The zero-order valence-corrected chi connectivity index (χ0v) is 22.4. The molecule has 0 amide bonds. The van der Waals surface area contributed by atoms with Gasteiger partial charge in [-0.1, -0.05) is 69.5 Å². The molecule has 0 unspecified atom stereocenters. The first kappa shape index (κ1) is 27.3. The molecule has 184 valence electrons. The van der Waals surface area contributed by atoms with Crippen LogP contribution in [0.5, 0.6) is 0 Å². The Bertz CT molecular complexity index is 982. The largest absolute Gasteiger partial charge is 0.386 e. The molecule has 1 aliphatic carbocycles. The molecule has 2 aliphatic rings. The molecular formula is C29H43N5. The van der Waals surface area contributed by atoms with E-state index in [9.17, 15) is 0 Å². The van der Waals surface area contributed by atoms with E-state index in [-0.39, 0.29) is 0 Å². The first-order valence-corrected chi connectivity index (χ1v) is 12.4. The van der Waals surface area contributed by atoms with Gasteiger partial charge >= 0.3 is 0 Å². The van der Waals surface area contributed by atoms with Gasteiger partial charge in [0.25, 0.3) is 0 Å². The summed E-state index contributed by atoms with van der Waals surface area (Å²) in [6, 6.07) is 10.5. The molecule has 0 spiro atoms. The van der Waals surface area contributed by atoms with Crippen LogP contribution in [0.25, 0.3) is 11.4 Å². The maximum absolute atomic E-state index is 4.71. The fourth-order valence-electron chi connectivity index (χ4n) is 3.47. The van der Waals surface area contributed by atoms with Crippen molar-refractivity contribution < 1.29 is 0 Å². The van der Waals surface area contributed by atoms with Crippen LogP contribution in [0.15, 0.2) is 60.5 Å². The Hall–Kier alpha value is -2.92. The molecule has 1 N–H and O–H groups in total. The molecule has 0 bridgehead atoms. The van der Waals surface area contributed by atoms with Crippen LogP contribution in [0.3, 0.4) is 0 Å². The Balaban J connectivity index is 0.000000603. The SMILES string of the molecule is CC.CC1CC1.CN/C(=C(/c1ccnc(C)n1)N1C=CC(CN(C)C)=CC1)c1ccc(C)cc1. The van der Waals surface area contributed by atoms with E-state index in [0.717, 1.165) is 47.5 Å². The standard InChI is InChI=1S/C23H29N5.C4H8.C2H6/c1-17-6-8-20(9-7-17)22(24-3)23(21-10-13-25-18(2)26-21)28-14-11-19(12-15-28)16-27(4)5;1-4-2-3-4;1-2/h6-14,24H,15-16H2,1-5H3;4H,2-3H2,1H3;1-2H3/b23-22-;;. The number of aryl methyl sites for hydroxylation is 2. The van der Waals surface area contributed by atoms with E-state index in [2.05, 4.69) is 90.7 Å². The van der Waals surface area contributed by atoms with Crippen LogP contribution in [-0.2, 0) is 0 Å². The molecule has 5 heteroatoms. The zero-order valence-electron chi connectivity index (χ0n) is 22.4. The van der Waals surface area contributed by atoms with Gasteiger partial charge in [-0.05, 0) is 57.1 Å². The summed E-state index contributed by atoms with van der Waals surface area (Å²) in [5.74, 6) is 1.85. The molecule has 0 saturated heterocycles. The van der Waals surface area contributed by atoms with Crippen LogP contribution >= 0.6 is 0 Å². The lowest BCUT2D eigenvalue weighted by Gasteiger charge is -2.28. The second-order valence-corrected chi connectivity index (χ2v) is 9.00. The summed E-state index contributed by atoms with van der Waals surface area (Å²) < 4.78 is 0.